The van der Waals surface area contributed by atoms with E-state index in [2.05, 4.69) is 15.9 Å². The van der Waals surface area contributed by atoms with Gasteiger partial charge in [-0.25, -0.2) is 0 Å². The van der Waals surface area contributed by atoms with Crippen molar-refractivity contribution in [3.63, 3.8) is 0 Å². The minimum atomic E-state index is -0.492. The van der Waals surface area contributed by atoms with Crippen molar-refractivity contribution in [2.75, 3.05) is 32.7 Å². The molecule has 2 aliphatic rings. The van der Waals surface area contributed by atoms with E-state index in [0.717, 1.165) is 4.90 Å². The quantitative estimate of drug-likeness (QED) is 0.343. The van der Waals surface area contributed by atoms with Gasteiger partial charge in [-0.3, -0.25) is 28.9 Å². The Morgan fingerprint density at radius 2 is 1.62 bits per heavy atom. The summed E-state index contributed by atoms with van der Waals surface area (Å²) in [5, 5.41) is 0. The molecule has 0 saturated carbocycles. The van der Waals surface area contributed by atoms with Crippen molar-refractivity contribution in [3.05, 3.63) is 63.6 Å². The van der Waals surface area contributed by atoms with Crippen molar-refractivity contribution < 1.29 is 28.7 Å². The zero-order chi connectivity index (χ0) is 24.4. The molecule has 2 aromatic rings. The van der Waals surface area contributed by atoms with Crippen LogP contribution in [0.25, 0.3) is 0 Å². The minimum absolute atomic E-state index is 0.228. The third-order valence-electron chi connectivity index (χ3n) is 5.70. The summed E-state index contributed by atoms with van der Waals surface area (Å²) in [4.78, 5) is 66.6. The first kappa shape index (κ1) is 23.6. The van der Waals surface area contributed by atoms with Gasteiger partial charge in [-0.05, 0) is 42.8 Å². The van der Waals surface area contributed by atoms with Gasteiger partial charge in [0.15, 0.2) is 0 Å². The van der Waals surface area contributed by atoms with Crippen LogP contribution in [-0.2, 0) is 9.59 Å². The van der Waals surface area contributed by atoms with Gasteiger partial charge >= 0.3 is 5.97 Å². The van der Waals surface area contributed by atoms with Gasteiger partial charge in [-0.1, -0.05) is 22.0 Å². The summed E-state index contributed by atoms with van der Waals surface area (Å²) in [5.41, 5.74) is 0.941. The molecule has 0 radical (unpaired) electrons. The van der Waals surface area contributed by atoms with Gasteiger partial charge in [0.2, 0.25) is 5.91 Å². The maximum atomic E-state index is 13.0. The van der Waals surface area contributed by atoms with Crippen LogP contribution < -0.4 is 4.74 Å². The van der Waals surface area contributed by atoms with E-state index in [4.69, 9.17) is 4.74 Å². The topological polar surface area (TPSA) is 104 Å². The summed E-state index contributed by atoms with van der Waals surface area (Å²) >= 11 is 3.29. The fourth-order valence-corrected chi connectivity index (χ4v) is 4.41. The van der Waals surface area contributed by atoms with Gasteiger partial charge in [0.05, 0.1) is 11.1 Å². The number of ether oxygens (including phenoxy) is 1. The Kier molecular flexibility index (Phi) is 6.78. The number of halogens is 1. The summed E-state index contributed by atoms with van der Waals surface area (Å²) in [6.45, 7) is 2.38. The number of rotatable bonds is 4. The molecule has 2 heterocycles. The van der Waals surface area contributed by atoms with Crippen molar-refractivity contribution in [1.82, 2.24) is 14.7 Å². The molecular weight excluding hydrogens is 506 g/mol. The fourth-order valence-electron chi connectivity index (χ4n) is 4.05. The van der Waals surface area contributed by atoms with Gasteiger partial charge < -0.3 is 14.5 Å². The molecule has 176 valence electrons. The first-order valence-corrected chi connectivity index (χ1v) is 11.5. The highest BCUT2D eigenvalue weighted by Gasteiger charge is 2.37. The number of hydrogen-bond acceptors (Lipinski definition) is 6. The van der Waals surface area contributed by atoms with Gasteiger partial charge in [-0.15, -0.1) is 0 Å². The van der Waals surface area contributed by atoms with Crippen molar-refractivity contribution in [2.45, 2.75) is 13.3 Å². The molecule has 1 fully saturated rings. The lowest BCUT2D eigenvalue weighted by molar-refractivity contribution is -0.132. The van der Waals surface area contributed by atoms with E-state index in [-0.39, 0.29) is 41.8 Å². The SMILES string of the molecule is CC(=O)Oc1cccc(C(=O)N2CCCN(C(=O)CN3C(=O)c4ccc(Br)cc4C3=O)CC2)c1. The van der Waals surface area contributed by atoms with Gasteiger partial charge in [-0.2, -0.15) is 0 Å². The number of esters is 1. The predicted octanol–water partition coefficient (Wildman–Crippen LogP) is 2.35. The van der Waals surface area contributed by atoms with E-state index in [1.807, 2.05) is 0 Å². The number of imide groups is 1. The fraction of sp³-hybridized carbons (Fsp3) is 0.292. The molecule has 10 heteroatoms. The van der Waals surface area contributed by atoms with Gasteiger partial charge in [0.1, 0.15) is 12.3 Å². The van der Waals surface area contributed by atoms with E-state index in [1.165, 1.54) is 13.0 Å². The largest absolute Gasteiger partial charge is 0.427 e. The standard InChI is InChI=1S/C24H22BrN3O6/c1-15(29)34-18-5-2-4-16(12-18)22(31)27-9-3-8-26(10-11-27)21(30)14-28-23(32)19-7-6-17(25)13-20(19)24(28)33/h2,4-7,12-13H,3,8-11,14H2,1H3. The number of benzene rings is 2. The molecule has 0 unspecified atom stereocenters. The Balaban J connectivity index is 1.38. The lowest BCUT2D eigenvalue weighted by Crippen LogP contribution is -2.44. The van der Waals surface area contributed by atoms with Gasteiger partial charge in [0, 0.05) is 43.1 Å². The van der Waals surface area contributed by atoms with Crippen molar-refractivity contribution in [2.24, 2.45) is 0 Å². The van der Waals surface area contributed by atoms with Crippen LogP contribution in [0.1, 0.15) is 44.4 Å². The third kappa shape index (κ3) is 4.86. The molecule has 2 aromatic carbocycles. The third-order valence-corrected chi connectivity index (χ3v) is 6.20. The molecule has 1 saturated heterocycles. The van der Waals surface area contributed by atoms with Crippen LogP contribution in [0.15, 0.2) is 46.9 Å². The summed E-state index contributed by atoms with van der Waals surface area (Å²) in [6.07, 6.45) is 0.552. The van der Waals surface area contributed by atoms with Crippen LogP contribution in [0, 0.1) is 0 Å². The van der Waals surface area contributed by atoms with Crippen LogP contribution in [0.2, 0.25) is 0 Å². The molecular formula is C24H22BrN3O6. The highest BCUT2D eigenvalue weighted by atomic mass is 79.9. The normalized spacial score (nSPS) is 15.8. The molecule has 9 nitrogen and oxygen atoms in total. The minimum Gasteiger partial charge on any atom is -0.427 e. The van der Waals surface area contributed by atoms with Crippen LogP contribution in [0.4, 0.5) is 0 Å². The van der Waals surface area contributed by atoms with Crippen LogP contribution in [0.5, 0.6) is 5.75 Å². The number of carbonyl (C=O) groups excluding carboxylic acids is 5. The highest BCUT2D eigenvalue weighted by Crippen LogP contribution is 2.26. The second-order valence-electron chi connectivity index (χ2n) is 8.03. The second kappa shape index (κ2) is 9.76. The summed E-state index contributed by atoms with van der Waals surface area (Å²) in [6, 6.07) is 11.2. The Bertz CT molecular complexity index is 1200. The number of amides is 4. The van der Waals surface area contributed by atoms with Crippen molar-refractivity contribution in [1.29, 1.82) is 0 Å². The smallest absolute Gasteiger partial charge is 0.308 e. The van der Waals surface area contributed by atoms with Crippen molar-refractivity contribution in [3.8, 4) is 5.75 Å². The average molecular weight is 528 g/mol. The van der Waals surface area contributed by atoms with E-state index in [9.17, 15) is 24.0 Å². The van der Waals surface area contributed by atoms with Gasteiger partial charge in [0.25, 0.3) is 17.7 Å². The molecule has 0 aromatic heterocycles. The molecule has 0 spiro atoms. The molecule has 0 aliphatic carbocycles. The molecule has 4 amide bonds. The van der Waals surface area contributed by atoms with Crippen LogP contribution >= 0.6 is 15.9 Å². The van der Waals surface area contributed by atoms with Crippen LogP contribution in [0.3, 0.4) is 0 Å². The average Bonchev–Trinajstić information content (AvgIpc) is 2.97. The Morgan fingerprint density at radius 1 is 0.912 bits per heavy atom. The molecule has 4 rings (SSSR count). The predicted molar refractivity (Wildman–Crippen MR) is 124 cm³/mol. The zero-order valence-corrected chi connectivity index (χ0v) is 20.0. The maximum Gasteiger partial charge on any atom is 0.308 e. The lowest BCUT2D eigenvalue weighted by atomic mass is 10.1. The molecule has 34 heavy (non-hydrogen) atoms. The number of fused-ring (bicyclic) bond motifs is 1. The Morgan fingerprint density at radius 3 is 2.38 bits per heavy atom. The molecule has 0 bridgehead atoms. The number of nitrogens with zero attached hydrogens (tertiary/aromatic N) is 3. The molecule has 0 atom stereocenters. The molecule has 2 aliphatic heterocycles. The number of carbonyl (C=O) groups is 5. The van der Waals surface area contributed by atoms with E-state index >= 15 is 0 Å². The second-order valence-corrected chi connectivity index (χ2v) is 8.95. The van der Waals surface area contributed by atoms with E-state index in [0.29, 0.717) is 36.1 Å². The maximum absolute atomic E-state index is 13.0. The Labute approximate surface area is 204 Å². The van der Waals surface area contributed by atoms with Crippen LogP contribution in [-0.4, -0.2) is 77.0 Å². The summed E-state index contributed by atoms with van der Waals surface area (Å²) in [7, 11) is 0. The Hall–Kier alpha value is -3.53. The zero-order valence-electron chi connectivity index (χ0n) is 18.5. The number of hydrogen-bond donors (Lipinski definition) is 0. The molecule has 0 N–H and O–H groups in total. The summed E-state index contributed by atoms with van der Waals surface area (Å²) < 4.78 is 5.73. The lowest BCUT2D eigenvalue weighted by Gasteiger charge is -2.24. The van der Waals surface area contributed by atoms with Crippen molar-refractivity contribution >= 4 is 45.5 Å². The van der Waals surface area contributed by atoms with E-state index < -0.39 is 17.8 Å². The highest BCUT2D eigenvalue weighted by molar-refractivity contribution is 9.10. The first-order chi connectivity index (χ1) is 16.2. The van der Waals surface area contributed by atoms with E-state index in [1.54, 1.807) is 46.2 Å². The monoisotopic (exact) mass is 527 g/mol. The summed E-state index contributed by atoms with van der Waals surface area (Å²) in [5.74, 6) is -1.74. The first-order valence-electron chi connectivity index (χ1n) is 10.8.